The average molecular weight is 440 g/mol. The van der Waals surface area contributed by atoms with Gasteiger partial charge in [-0.05, 0) is 54.8 Å². The molecule has 0 N–H and O–H groups in total. The van der Waals surface area contributed by atoms with E-state index in [1.54, 1.807) is 35.4 Å². The van der Waals surface area contributed by atoms with Gasteiger partial charge in [-0.3, -0.25) is 14.5 Å². The van der Waals surface area contributed by atoms with Crippen molar-refractivity contribution >= 4 is 22.7 Å². The number of carbonyl (C=O) groups is 1. The quantitative estimate of drug-likeness (QED) is 0.374. The SMILES string of the molecule is CCCCOc1cccc(C2c3c(oc4ccccc4c3=O)C(=O)N2c2ncccc2C)c1. The maximum atomic E-state index is 13.6. The van der Waals surface area contributed by atoms with Crippen molar-refractivity contribution in [1.29, 1.82) is 0 Å². The molecule has 6 heteroatoms. The van der Waals surface area contributed by atoms with Gasteiger partial charge in [0.15, 0.2) is 5.43 Å². The summed E-state index contributed by atoms with van der Waals surface area (Å²) in [6, 6.07) is 17.6. The van der Waals surface area contributed by atoms with Crippen molar-refractivity contribution < 1.29 is 13.9 Å². The standard InChI is InChI=1S/C27H24N2O4/c1-3-4-15-32-19-11-7-10-18(16-19)23-22-24(30)20-12-5-6-13-21(20)33-25(22)27(31)29(23)26-17(2)9-8-14-28-26/h5-14,16,23H,3-4,15H2,1-2H3. The molecule has 1 amide bonds. The zero-order valence-electron chi connectivity index (χ0n) is 18.6. The molecule has 4 aromatic rings. The molecule has 5 rings (SSSR count). The van der Waals surface area contributed by atoms with E-state index >= 15 is 0 Å². The number of aromatic nitrogens is 1. The first-order valence-electron chi connectivity index (χ1n) is 11.1. The van der Waals surface area contributed by atoms with Crippen LogP contribution in [0, 0.1) is 6.92 Å². The summed E-state index contributed by atoms with van der Waals surface area (Å²) in [5.74, 6) is 0.882. The Morgan fingerprint density at radius 3 is 2.73 bits per heavy atom. The number of unbranched alkanes of at least 4 members (excludes halogenated alkanes) is 1. The molecule has 33 heavy (non-hydrogen) atoms. The lowest BCUT2D eigenvalue weighted by Crippen LogP contribution is -2.31. The summed E-state index contributed by atoms with van der Waals surface area (Å²) in [4.78, 5) is 33.3. The molecule has 1 aliphatic heterocycles. The van der Waals surface area contributed by atoms with Crippen molar-refractivity contribution in [3.63, 3.8) is 0 Å². The van der Waals surface area contributed by atoms with E-state index in [1.807, 2.05) is 43.3 Å². The third kappa shape index (κ3) is 3.57. The molecule has 2 aromatic carbocycles. The number of amides is 1. The zero-order chi connectivity index (χ0) is 22.9. The second-order valence-electron chi connectivity index (χ2n) is 8.17. The Labute approximate surface area is 191 Å². The van der Waals surface area contributed by atoms with Crippen LogP contribution >= 0.6 is 0 Å². The van der Waals surface area contributed by atoms with Gasteiger partial charge < -0.3 is 9.15 Å². The van der Waals surface area contributed by atoms with Crippen molar-refractivity contribution in [3.8, 4) is 5.75 Å². The fraction of sp³-hybridized carbons (Fsp3) is 0.222. The van der Waals surface area contributed by atoms with Crippen LogP contribution in [0.3, 0.4) is 0 Å². The molecule has 0 saturated heterocycles. The van der Waals surface area contributed by atoms with Crippen molar-refractivity contribution in [2.75, 3.05) is 11.5 Å². The van der Waals surface area contributed by atoms with Gasteiger partial charge in [0.1, 0.15) is 17.2 Å². The van der Waals surface area contributed by atoms with Crippen molar-refractivity contribution in [2.45, 2.75) is 32.7 Å². The van der Waals surface area contributed by atoms with Crippen LogP contribution < -0.4 is 15.1 Å². The van der Waals surface area contributed by atoms with Gasteiger partial charge >= 0.3 is 0 Å². The minimum atomic E-state index is -0.670. The molecule has 0 spiro atoms. The topological polar surface area (TPSA) is 72.6 Å². The number of benzene rings is 2. The smallest absolute Gasteiger partial charge is 0.296 e. The van der Waals surface area contributed by atoms with Gasteiger partial charge in [-0.25, -0.2) is 4.98 Å². The summed E-state index contributed by atoms with van der Waals surface area (Å²) in [5, 5.41) is 0.448. The third-order valence-electron chi connectivity index (χ3n) is 5.93. The lowest BCUT2D eigenvalue weighted by molar-refractivity contribution is 0.0970. The molecule has 3 heterocycles. The fourth-order valence-corrected chi connectivity index (χ4v) is 4.29. The van der Waals surface area contributed by atoms with E-state index < -0.39 is 6.04 Å². The number of hydrogen-bond donors (Lipinski definition) is 0. The Balaban J connectivity index is 1.72. The number of nitrogens with zero attached hydrogens (tertiary/aromatic N) is 2. The van der Waals surface area contributed by atoms with Crippen LogP contribution in [0.2, 0.25) is 0 Å². The molecular formula is C27H24N2O4. The fourth-order valence-electron chi connectivity index (χ4n) is 4.29. The average Bonchev–Trinajstić information content (AvgIpc) is 3.12. The summed E-state index contributed by atoms with van der Waals surface area (Å²) in [5.41, 5.74) is 2.11. The van der Waals surface area contributed by atoms with Gasteiger partial charge in [-0.1, -0.05) is 43.7 Å². The highest BCUT2D eigenvalue weighted by Crippen LogP contribution is 2.42. The van der Waals surface area contributed by atoms with Crippen molar-refractivity contribution in [1.82, 2.24) is 4.98 Å². The monoisotopic (exact) mass is 440 g/mol. The van der Waals surface area contributed by atoms with Gasteiger partial charge in [0.2, 0.25) is 5.76 Å². The Hall–Kier alpha value is -3.93. The second kappa shape index (κ2) is 8.54. The van der Waals surface area contributed by atoms with Gasteiger partial charge in [0.05, 0.1) is 23.6 Å². The number of ether oxygens (including phenoxy) is 1. The maximum Gasteiger partial charge on any atom is 0.296 e. The molecule has 0 saturated carbocycles. The van der Waals surface area contributed by atoms with Gasteiger partial charge in [-0.2, -0.15) is 0 Å². The molecular weight excluding hydrogens is 416 g/mol. The van der Waals surface area contributed by atoms with E-state index in [0.29, 0.717) is 34.7 Å². The van der Waals surface area contributed by atoms with Gasteiger partial charge in [0.25, 0.3) is 5.91 Å². The molecule has 1 atom stereocenters. The first kappa shape index (κ1) is 20.9. The Bertz CT molecular complexity index is 1410. The second-order valence-corrected chi connectivity index (χ2v) is 8.17. The van der Waals surface area contributed by atoms with Gasteiger partial charge in [0, 0.05) is 6.20 Å². The van der Waals surface area contributed by atoms with E-state index in [2.05, 4.69) is 11.9 Å². The number of carbonyl (C=O) groups excluding carboxylic acids is 1. The van der Waals surface area contributed by atoms with Crippen LogP contribution in [0.25, 0.3) is 11.0 Å². The summed E-state index contributed by atoms with van der Waals surface area (Å²) in [7, 11) is 0. The zero-order valence-corrected chi connectivity index (χ0v) is 18.6. The Morgan fingerprint density at radius 1 is 1.06 bits per heavy atom. The van der Waals surface area contributed by atoms with Crippen LogP contribution in [-0.4, -0.2) is 17.5 Å². The lowest BCUT2D eigenvalue weighted by Gasteiger charge is -2.25. The predicted octanol–water partition coefficient (Wildman–Crippen LogP) is 5.43. The molecule has 1 unspecified atom stereocenters. The minimum absolute atomic E-state index is 0.0612. The lowest BCUT2D eigenvalue weighted by atomic mass is 9.98. The number of fused-ring (bicyclic) bond motifs is 2. The van der Waals surface area contributed by atoms with E-state index in [9.17, 15) is 9.59 Å². The molecule has 1 aliphatic rings. The van der Waals surface area contributed by atoms with Crippen LogP contribution in [-0.2, 0) is 0 Å². The van der Waals surface area contributed by atoms with Crippen LogP contribution in [0.4, 0.5) is 5.82 Å². The summed E-state index contributed by atoms with van der Waals surface area (Å²) in [6.45, 7) is 4.61. The maximum absolute atomic E-state index is 13.6. The summed E-state index contributed by atoms with van der Waals surface area (Å²) in [6.07, 6.45) is 3.63. The largest absolute Gasteiger partial charge is 0.494 e. The highest BCUT2D eigenvalue weighted by Gasteiger charge is 2.44. The van der Waals surface area contributed by atoms with Gasteiger partial charge in [-0.15, -0.1) is 0 Å². The molecule has 0 fully saturated rings. The number of para-hydroxylation sites is 1. The third-order valence-corrected chi connectivity index (χ3v) is 5.93. The number of hydrogen-bond acceptors (Lipinski definition) is 5. The number of pyridine rings is 1. The van der Waals surface area contributed by atoms with E-state index in [1.165, 1.54) is 0 Å². The minimum Gasteiger partial charge on any atom is -0.494 e. The van der Waals surface area contributed by atoms with Crippen LogP contribution in [0.15, 0.2) is 76.1 Å². The summed E-state index contributed by atoms with van der Waals surface area (Å²) < 4.78 is 11.9. The molecule has 2 aromatic heterocycles. The van der Waals surface area contributed by atoms with Crippen LogP contribution in [0.5, 0.6) is 5.75 Å². The highest BCUT2D eigenvalue weighted by molar-refractivity contribution is 6.10. The molecule has 0 radical (unpaired) electrons. The highest BCUT2D eigenvalue weighted by atomic mass is 16.5. The predicted molar refractivity (Wildman–Crippen MR) is 127 cm³/mol. The van der Waals surface area contributed by atoms with E-state index in [4.69, 9.17) is 9.15 Å². The molecule has 166 valence electrons. The number of rotatable bonds is 6. The first-order valence-corrected chi connectivity index (χ1v) is 11.1. The Morgan fingerprint density at radius 2 is 1.91 bits per heavy atom. The Kier molecular flexibility index (Phi) is 5.42. The van der Waals surface area contributed by atoms with E-state index in [0.717, 1.165) is 24.0 Å². The van der Waals surface area contributed by atoms with E-state index in [-0.39, 0.29) is 17.1 Å². The number of anilines is 1. The molecule has 6 nitrogen and oxygen atoms in total. The van der Waals surface area contributed by atoms with Crippen LogP contribution in [0.1, 0.15) is 53.1 Å². The van der Waals surface area contributed by atoms with Crippen molar-refractivity contribution in [2.24, 2.45) is 0 Å². The number of aryl methyl sites for hydroxylation is 1. The molecule has 0 aliphatic carbocycles. The van der Waals surface area contributed by atoms with Crippen molar-refractivity contribution in [3.05, 3.63) is 99.5 Å². The molecule has 0 bridgehead atoms. The normalized spacial score (nSPS) is 15.2. The summed E-state index contributed by atoms with van der Waals surface area (Å²) >= 11 is 0. The first-order chi connectivity index (χ1) is 16.1.